The first-order chi connectivity index (χ1) is 6.41. The molecule has 0 atom stereocenters. The second kappa shape index (κ2) is 16.0. The average Bonchev–Trinajstić information content (AvgIpc) is 2.16. The van der Waals surface area contributed by atoms with Gasteiger partial charge in [0.25, 0.3) is 0 Å². The first-order valence-corrected chi connectivity index (χ1v) is 6.12. The van der Waals surface area contributed by atoms with E-state index in [0.29, 0.717) is 0 Å². The fraction of sp³-hybridized carbons (Fsp3) is 1.00. The molecule has 0 saturated heterocycles. The van der Waals surface area contributed by atoms with Crippen molar-refractivity contribution in [1.29, 1.82) is 0 Å². The summed E-state index contributed by atoms with van der Waals surface area (Å²) in [5.41, 5.74) is 5.42. The second-order valence-electron chi connectivity index (χ2n) is 3.97. The van der Waals surface area contributed by atoms with E-state index in [1.165, 1.54) is 64.2 Å². The average molecular weight is 192 g/mol. The Hall–Kier alpha value is 0.557. The maximum Gasteiger partial charge on any atom is 0 e. The van der Waals surface area contributed by atoms with Gasteiger partial charge in [0.1, 0.15) is 0 Å². The van der Waals surface area contributed by atoms with Gasteiger partial charge in [0.05, 0.1) is 0 Å². The summed E-state index contributed by atoms with van der Waals surface area (Å²) >= 11 is 0. The van der Waals surface area contributed by atoms with Crippen LogP contribution in [0.5, 0.6) is 0 Å². The summed E-state index contributed by atoms with van der Waals surface area (Å²) in [7, 11) is 0. The van der Waals surface area contributed by atoms with Gasteiger partial charge in [0.2, 0.25) is 0 Å². The summed E-state index contributed by atoms with van der Waals surface area (Å²) in [6.07, 6.45) is 13.9. The Kier molecular flexibility index (Phi) is 19.4. The van der Waals surface area contributed by atoms with E-state index < -0.39 is 0 Å². The van der Waals surface area contributed by atoms with E-state index in [-0.39, 0.29) is 18.9 Å². The molecule has 0 aromatic heterocycles. The van der Waals surface area contributed by atoms with Gasteiger partial charge in [-0.25, -0.2) is 0 Å². The van der Waals surface area contributed by atoms with Crippen molar-refractivity contribution in [1.82, 2.24) is 0 Å². The molecule has 0 aliphatic carbocycles. The Labute approximate surface area is 102 Å². The summed E-state index contributed by atoms with van der Waals surface area (Å²) in [6.45, 7) is 3.14. The van der Waals surface area contributed by atoms with E-state index in [2.05, 4.69) is 6.92 Å². The molecule has 81 valence electrons. The van der Waals surface area contributed by atoms with Gasteiger partial charge in [-0.15, -0.1) is 0 Å². The number of hydrogen-bond acceptors (Lipinski definition) is 1. The molecular weight excluding hydrogens is 165 g/mol. The van der Waals surface area contributed by atoms with E-state index in [4.69, 9.17) is 5.73 Å². The second-order valence-corrected chi connectivity index (χ2v) is 3.97. The quantitative estimate of drug-likeness (QED) is 0.416. The van der Waals surface area contributed by atoms with Gasteiger partial charge in [-0.2, -0.15) is 0 Å². The van der Waals surface area contributed by atoms with Crippen molar-refractivity contribution in [2.75, 3.05) is 6.54 Å². The summed E-state index contributed by atoms with van der Waals surface area (Å²) < 4.78 is 0. The molecule has 0 aliphatic heterocycles. The summed E-state index contributed by atoms with van der Waals surface area (Å²) in [5, 5.41) is 0. The molecule has 2 heteroatoms. The van der Waals surface area contributed by atoms with Crippen molar-refractivity contribution in [3.63, 3.8) is 0 Å². The first-order valence-electron chi connectivity index (χ1n) is 6.12. The molecule has 0 heterocycles. The smallest absolute Gasteiger partial charge is 0 e. The summed E-state index contributed by atoms with van der Waals surface area (Å²) in [5.74, 6) is 0. The predicted octanol–water partition coefficient (Wildman–Crippen LogP) is 3.49. The van der Waals surface area contributed by atoms with Crippen LogP contribution in [-0.2, 0) is 0 Å². The van der Waals surface area contributed by atoms with E-state index in [1.807, 2.05) is 0 Å². The number of rotatable bonds is 10. The fourth-order valence-corrected chi connectivity index (χ4v) is 1.63. The van der Waals surface area contributed by atoms with Crippen LogP contribution in [0.25, 0.3) is 0 Å². The third-order valence-corrected chi connectivity index (χ3v) is 2.56. The van der Waals surface area contributed by atoms with Gasteiger partial charge < -0.3 is 5.73 Å². The molecule has 0 bridgehead atoms. The van der Waals surface area contributed by atoms with Crippen LogP contribution < -0.4 is 5.73 Å². The monoisotopic (exact) mass is 192 g/mol. The Morgan fingerprint density at radius 2 is 1.00 bits per heavy atom. The van der Waals surface area contributed by atoms with Crippen molar-refractivity contribution >= 4 is 18.9 Å². The van der Waals surface area contributed by atoms with Crippen molar-refractivity contribution < 1.29 is 0 Å². The van der Waals surface area contributed by atoms with Gasteiger partial charge in [-0.3, -0.25) is 0 Å². The maximum atomic E-state index is 5.42. The van der Waals surface area contributed by atoms with Crippen LogP contribution in [0.4, 0.5) is 0 Å². The molecule has 0 aromatic rings. The Morgan fingerprint density at radius 3 is 1.36 bits per heavy atom. The van der Waals surface area contributed by atoms with E-state index in [0.717, 1.165) is 6.54 Å². The third-order valence-electron chi connectivity index (χ3n) is 2.56. The van der Waals surface area contributed by atoms with Gasteiger partial charge in [0.15, 0.2) is 0 Å². The molecule has 1 radical (unpaired) electrons. The molecular formula is C12H27LiN. The molecule has 0 amide bonds. The zero-order chi connectivity index (χ0) is 9.78. The maximum absolute atomic E-state index is 5.42. The van der Waals surface area contributed by atoms with Crippen LogP contribution in [0.3, 0.4) is 0 Å². The number of hydrogen-bond donors (Lipinski definition) is 1. The fourth-order valence-electron chi connectivity index (χ4n) is 1.63. The normalized spacial score (nSPS) is 9.86. The van der Waals surface area contributed by atoms with Crippen LogP contribution in [0.1, 0.15) is 71.1 Å². The minimum absolute atomic E-state index is 0. The van der Waals surface area contributed by atoms with Gasteiger partial charge in [-0.05, 0) is 13.0 Å². The molecule has 0 spiro atoms. The molecule has 2 N–H and O–H groups in total. The van der Waals surface area contributed by atoms with Crippen molar-refractivity contribution in [3.8, 4) is 0 Å². The zero-order valence-electron chi connectivity index (χ0n) is 10.4. The predicted molar refractivity (Wildman–Crippen MR) is 66.7 cm³/mol. The topological polar surface area (TPSA) is 26.0 Å². The molecule has 0 aliphatic rings. The Morgan fingerprint density at radius 1 is 0.643 bits per heavy atom. The molecule has 0 rings (SSSR count). The molecule has 0 saturated carbocycles. The van der Waals surface area contributed by atoms with E-state index in [9.17, 15) is 0 Å². The first kappa shape index (κ1) is 17.0. The molecule has 0 aromatic carbocycles. The summed E-state index contributed by atoms with van der Waals surface area (Å²) in [4.78, 5) is 0. The van der Waals surface area contributed by atoms with Crippen LogP contribution in [0.15, 0.2) is 0 Å². The van der Waals surface area contributed by atoms with Crippen LogP contribution in [0.2, 0.25) is 0 Å². The van der Waals surface area contributed by atoms with Crippen LogP contribution in [-0.4, -0.2) is 25.4 Å². The standard InChI is InChI=1S/C12H27N.Li/c1-2-3-4-5-6-7-8-9-10-11-12-13;/h2-13H2,1H3;. The minimum Gasteiger partial charge on any atom is -0.330 e. The van der Waals surface area contributed by atoms with Gasteiger partial charge >= 0.3 is 0 Å². The molecule has 1 nitrogen and oxygen atoms in total. The van der Waals surface area contributed by atoms with Crippen molar-refractivity contribution in [3.05, 3.63) is 0 Å². The molecule has 0 unspecified atom stereocenters. The molecule has 14 heavy (non-hydrogen) atoms. The van der Waals surface area contributed by atoms with Gasteiger partial charge in [-0.1, -0.05) is 64.7 Å². The summed E-state index contributed by atoms with van der Waals surface area (Å²) in [6, 6.07) is 0. The number of unbranched alkanes of at least 4 members (excludes halogenated alkanes) is 9. The SMILES string of the molecule is CCCCCCCCCCCCN.[Li]. The largest absolute Gasteiger partial charge is 0.330 e. The van der Waals surface area contributed by atoms with Crippen molar-refractivity contribution in [2.24, 2.45) is 5.73 Å². The van der Waals surface area contributed by atoms with Crippen LogP contribution >= 0.6 is 0 Å². The Bertz CT molecular complexity index is 76.4. The van der Waals surface area contributed by atoms with Crippen LogP contribution in [0, 0.1) is 0 Å². The number of nitrogens with two attached hydrogens (primary N) is 1. The van der Waals surface area contributed by atoms with Gasteiger partial charge in [0, 0.05) is 18.9 Å². The molecule has 0 fully saturated rings. The Balaban J connectivity index is 0. The third kappa shape index (κ3) is 15.0. The van der Waals surface area contributed by atoms with E-state index >= 15 is 0 Å². The minimum atomic E-state index is 0. The zero-order valence-corrected chi connectivity index (χ0v) is 10.4. The van der Waals surface area contributed by atoms with E-state index in [1.54, 1.807) is 0 Å². The van der Waals surface area contributed by atoms with Crippen molar-refractivity contribution in [2.45, 2.75) is 71.1 Å².